The minimum absolute atomic E-state index is 0.0192. The number of hydrogen-bond donors (Lipinski definition) is 0. The van der Waals surface area contributed by atoms with Gasteiger partial charge in [-0.3, -0.25) is 9.59 Å². The van der Waals surface area contributed by atoms with Crippen molar-refractivity contribution in [2.24, 2.45) is 5.92 Å². The summed E-state index contributed by atoms with van der Waals surface area (Å²) in [5, 5.41) is 14.5. The van der Waals surface area contributed by atoms with Gasteiger partial charge in [0.05, 0.1) is 5.27 Å². The number of likely N-dealkylation sites (tertiary alicyclic amines) is 1. The fourth-order valence-electron chi connectivity index (χ4n) is 4.24. The second-order valence-electron chi connectivity index (χ2n) is 7.92. The van der Waals surface area contributed by atoms with E-state index < -0.39 is 5.95 Å². The quantitative estimate of drug-likeness (QED) is 0.689. The SMILES string of the molecule is O=C(C[n+]1cc([O-])on1)N1CCC(CCC(=O)N2CCc3ccccc3C2)CC1. The molecule has 0 saturated carbocycles. The van der Waals surface area contributed by atoms with Crippen molar-refractivity contribution in [3.05, 3.63) is 41.6 Å². The van der Waals surface area contributed by atoms with Crippen LogP contribution in [0.5, 0.6) is 5.95 Å². The van der Waals surface area contributed by atoms with E-state index in [2.05, 4.69) is 28.0 Å². The van der Waals surface area contributed by atoms with Crippen LogP contribution in [0, 0.1) is 5.92 Å². The van der Waals surface area contributed by atoms with Gasteiger partial charge in [-0.25, -0.2) is 0 Å². The van der Waals surface area contributed by atoms with Gasteiger partial charge in [0.2, 0.25) is 12.1 Å². The number of fused-ring (bicyclic) bond motifs is 1. The van der Waals surface area contributed by atoms with E-state index in [-0.39, 0.29) is 18.4 Å². The zero-order chi connectivity index (χ0) is 20.2. The number of carbonyl (C=O) groups is 2. The summed E-state index contributed by atoms with van der Waals surface area (Å²) in [5.41, 5.74) is 2.61. The number of benzene rings is 1. The van der Waals surface area contributed by atoms with E-state index in [0.29, 0.717) is 32.0 Å². The molecule has 0 unspecified atom stereocenters. The van der Waals surface area contributed by atoms with Crippen molar-refractivity contribution in [1.82, 2.24) is 15.1 Å². The van der Waals surface area contributed by atoms with Crippen LogP contribution >= 0.6 is 0 Å². The maximum absolute atomic E-state index is 12.6. The highest BCUT2D eigenvalue weighted by atomic mass is 16.6. The zero-order valence-electron chi connectivity index (χ0n) is 16.5. The van der Waals surface area contributed by atoms with E-state index >= 15 is 0 Å². The number of amides is 2. The van der Waals surface area contributed by atoms with Gasteiger partial charge in [0.25, 0.3) is 12.5 Å². The Bertz CT molecular complexity index is 873. The Balaban J connectivity index is 1.19. The van der Waals surface area contributed by atoms with E-state index in [1.807, 2.05) is 11.0 Å². The summed E-state index contributed by atoms with van der Waals surface area (Å²) >= 11 is 0. The van der Waals surface area contributed by atoms with Crippen molar-refractivity contribution in [2.75, 3.05) is 19.6 Å². The lowest BCUT2D eigenvalue weighted by Gasteiger charge is -2.32. The first kappa shape index (κ1) is 19.4. The molecule has 0 bridgehead atoms. The normalized spacial score (nSPS) is 17.2. The standard InChI is InChI=1S/C21H26N4O4/c26-19(24-12-9-17-3-1-2-4-18(17)13-24)6-5-16-7-10-23(11-8-16)20(27)14-25-15-21(28)29-22-25/h1-4,15-16H,5-14H2. The van der Waals surface area contributed by atoms with Gasteiger partial charge in [-0.05, 0) is 42.7 Å². The van der Waals surface area contributed by atoms with Crippen LogP contribution in [0.4, 0.5) is 0 Å². The molecule has 1 saturated heterocycles. The zero-order valence-corrected chi connectivity index (χ0v) is 16.5. The van der Waals surface area contributed by atoms with Crippen molar-refractivity contribution in [3.8, 4) is 5.95 Å². The molecule has 29 heavy (non-hydrogen) atoms. The first-order valence-corrected chi connectivity index (χ1v) is 10.2. The maximum atomic E-state index is 12.6. The molecule has 0 spiro atoms. The predicted octanol–water partition coefficient (Wildman–Crippen LogP) is 0.639. The van der Waals surface area contributed by atoms with E-state index in [1.165, 1.54) is 22.0 Å². The molecule has 8 nitrogen and oxygen atoms in total. The Labute approximate surface area is 169 Å². The molecule has 0 radical (unpaired) electrons. The molecule has 0 atom stereocenters. The number of rotatable bonds is 5. The van der Waals surface area contributed by atoms with Crippen LogP contribution in [0.3, 0.4) is 0 Å². The number of hydrogen-bond acceptors (Lipinski definition) is 5. The third-order valence-electron chi connectivity index (χ3n) is 6.00. The fourth-order valence-corrected chi connectivity index (χ4v) is 4.24. The minimum atomic E-state index is -0.557. The molecule has 1 aromatic heterocycles. The van der Waals surface area contributed by atoms with Gasteiger partial charge in [0.1, 0.15) is 5.95 Å². The van der Waals surface area contributed by atoms with Crippen LogP contribution in [0.2, 0.25) is 0 Å². The van der Waals surface area contributed by atoms with Gasteiger partial charge in [-0.2, -0.15) is 0 Å². The van der Waals surface area contributed by atoms with Gasteiger partial charge >= 0.3 is 0 Å². The Morgan fingerprint density at radius 1 is 1.10 bits per heavy atom. The molecule has 154 valence electrons. The highest BCUT2D eigenvalue weighted by Gasteiger charge is 2.27. The predicted molar refractivity (Wildman–Crippen MR) is 100 cm³/mol. The lowest BCUT2D eigenvalue weighted by Crippen LogP contribution is -2.48. The van der Waals surface area contributed by atoms with Crippen LogP contribution in [0.15, 0.2) is 35.0 Å². The molecule has 2 aromatic rings. The second kappa shape index (κ2) is 8.63. The molecule has 2 aliphatic rings. The molecule has 1 fully saturated rings. The summed E-state index contributed by atoms with van der Waals surface area (Å²) in [4.78, 5) is 28.7. The number of aromatic nitrogens is 2. The van der Waals surface area contributed by atoms with Gasteiger partial charge in [-0.1, -0.05) is 28.9 Å². The Kier molecular flexibility index (Phi) is 5.78. The lowest BCUT2D eigenvalue weighted by atomic mass is 9.91. The highest BCUT2D eigenvalue weighted by molar-refractivity contribution is 5.76. The number of carbonyl (C=O) groups excluding carboxylic acids is 2. The Morgan fingerprint density at radius 2 is 1.86 bits per heavy atom. The van der Waals surface area contributed by atoms with Gasteiger partial charge in [0.15, 0.2) is 0 Å². The smallest absolute Gasteiger partial charge is 0.291 e. The molecule has 2 aliphatic heterocycles. The first-order chi connectivity index (χ1) is 14.1. The third kappa shape index (κ3) is 4.75. The first-order valence-electron chi connectivity index (χ1n) is 10.2. The number of piperidine rings is 1. The summed E-state index contributed by atoms with van der Waals surface area (Å²) in [5.74, 6) is 0.0741. The number of nitrogens with zero attached hydrogens (tertiary/aromatic N) is 4. The fraction of sp³-hybridized carbons (Fsp3) is 0.524. The van der Waals surface area contributed by atoms with E-state index in [0.717, 1.165) is 32.2 Å². The molecule has 0 aliphatic carbocycles. The van der Waals surface area contributed by atoms with Gasteiger partial charge < -0.3 is 19.4 Å². The minimum Gasteiger partial charge on any atom is -0.539 e. The molecule has 1 aromatic carbocycles. The summed E-state index contributed by atoms with van der Waals surface area (Å²) in [6, 6.07) is 8.34. The summed E-state index contributed by atoms with van der Waals surface area (Å²) in [6.45, 7) is 2.89. The highest BCUT2D eigenvalue weighted by Crippen LogP contribution is 2.24. The van der Waals surface area contributed by atoms with Crippen LogP contribution in [-0.2, 0) is 29.1 Å². The van der Waals surface area contributed by atoms with Gasteiger partial charge in [-0.15, -0.1) is 0 Å². The van der Waals surface area contributed by atoms with Crippen molar-refractivity contribution in [2.45, 2.75) is 45.2 Å². The van der Waals surface area contributed by atoms with E-state index in [9.17, 15) is 14.7 Å². The summed E-state index contributed by atoms with van der Waals surface area (Å²) < 4.78 is 5.67. The Morgan fingerprint density at radius 3 is 2.59 bits per heavy atom. The lowest BCUT2D eigenvalue weighted by molar-refractivity contribution is -0.751. The van der Waals surface area contributed by atoms with E-state index in [1.54, 1.807) is 4.90 Å². The van der Waals surface area contributed by atoms with Crippen molar-refractivity contribution >= 4 is 11.8 Å². The molecular weight excluding hydrogens is 372 g/mol. The van der Waals surface area contributed by atoms with Crippen molar-refractivity contribution < 1.29 is 23.9 Å². The molecule has 0 N–H and O–H groups in total. The van der Waals surface area contributed by atoms with E-state index in [4.69, 9.17) is 0 Å². The van der Waals surface area contributed by atoms with Crippen LogP contribution < -0.4 is 9.79 Å². The van der Waals surface area contributed by atoms with Crippen molar-refractivity contribution in [1.29, 1.82) is 0 Å². The molecule has 8 heteroatoms. The molecule has 3 heterocycles. The third-order valence-corrected chi connectivity index (χ3v) is 6.00. The van der Waals surface area contributed by atoms with Crippen LogP contribution in [-0.4, -0.2) is 46.5 Å². The monoisotopic (exact) mass is 398 g/mol. The van der Waals surface area contributed by atoms with Crippen LogP contribution in [0.1, 0.15) is 36.8 Å². The summed E-state index contributed by atoms with van der Waals surface area (Å²) in [7, 11) is 0. The Hall–Kier alpha value is -2.90. The van der Waals surface area contributed by atoms with Crippen molar-refractivity contribution in [3.63, 3.8) is 0 Å². The molecule has 2 amide bonds. The second-order valence-corrected chi connectivity index (χ2v) is 7.92. The van der Waals surface area contributed by atoms with Gasteiger partial charge in [0, 0.05) is 32.6 Å². The maximum Gasteiger partial charge on any atom is 0.291 e. The largest absolute Gasteiger partial charge is 0.539 e. The average Bonchev–Trinajstić information content (AvgIpc) is 3.16. The molecule has 4 rings (SSSR count). The average molecular weight is 398 g/mol. The molecular formula is C21H26N4O4. The van der Waals surface area contributed by atoms with Crippen LogP contribution in [0.25, 0.3) is 0 Å². The topological polar surface area (TPSA) is 93.6 Å². The summed E-state index contributed by atoms with van der Waals surface area (Å²) in [6.07, 6.45) is 5.35.